The molecule has 0 aromatic carbocycles. The second-order valence-corrected chi connectivity index (χ2v) is 6.30. The summed E-state index contributed by atoms with van der Waals surface area (Å²) in [6.07, 6.45) is 18.2. The molecule has 0 saturated heterocycles. The number of hydrogen-bond acceptors (Lipinski definition) is 3. The van der Waals surface area contributed by atoms with Gasteiger partial charge in [0.1, 0.15) is 0 Å². The van der Waals surface area contributed by atoms with Gasteiger partial charge in [-0.1, -0.05) is 77.6 Å². The monoisotopic (exact) mass is 330 g/mol. The summed E-state index contributed by atoms with van der Waals surface area (Å²) in [5, 5.41) is 10.9. The zero-order valence-corrected chi connectivity index (χ0v) is 15.7. The van der Waals surface area contributed by atoms with Crippen molar-refractivity contribution in [3.05, 3.63) is 0 Å². The van der Waals surface area contributed by atoms with Crippen molar-refractivity contribution >= 4 is 5.97 Å². The fourth-order valence-corrected chi connectivity index (χ4v) is 2.44. The van der Waals surface area contributed by atoms with Crippen molar-refractivity contribution in [2.24, 2.45) is 5.73 Å². The molecule has 0 unspecified atom stereocenters. The van der Waals surface area contributed by atoms with Crippen LogP contribution < -0.4 is 11.1 Å². The smallest absolute Gasteiger partial charge is 0.300 e. The van der Waals surface area contributed by atoms with Crippen LogP contribution >= 0.6 is 0 Å². The summed E-state index contributed by atoms with van der Waals surface area (Å²) in [5.74, 6) is -0.833. The summed E-state index contributed by atoms with van der Waals surface area (Å²) in [5.41, 5.74) is 5.44. The Balaban J connectivity index is 0. The van der Waals surface area contributed by atoms with E-state index in [4.69, 9.17) is 15.6 Å². The van der Waals surface area contributed by atoms with E-state index in [2.05, 4.69) is 12.2 Å². The number of hydrogen-bond donors (Lipinski definition) is 3. The van der Waals surface area contributed by atoms with Gasteiger partial charge >= 0.3 is 0 Å². The van der Waals surface area contributed by atoms with Gasteiger partial charge in [0.15, 0.2) is 0 Å². The minimum absolute atomic E-state index is 0.811. The van der Waals surface area contributed by atoms with E-state index in [0.29, 0.717) is 0 Å². The number of carboxylic acids is 1. The van der Waals surface area contributed by atoms with Gasteiger partial charge in [-0.3, -0.25) is 4.79 Å². The lowest BCUT2D eigenvalue weighted by Gasteiger charge is -2.04. The summed E-state index contributed by atoms with van der Waals surface area (Å²) < 4.78 is 0. The summed E-state index contributed by atoms with van der Waals surface area (Å²) in [4.78, 5) is 9.00. The molecule has 0 spiro atoms. The van der Waals surface area contributed by atoms with Crippen LogP contribution in [0.3, 0.4) is 0 Å². The molecule has 0 amide bonds. The normalized spacial score (nSPS) is 10.2. The molecule has 0 rings (SSSR count). The van der Waals surface area contributed by atoms with Gasteiger partial charge in [-0.25, -0.2) is 0 Å². The van der Waals surface area contributed by atoms with Crippen molar-refractivity contribution in [2.75, 3.05) is 19.6 Å². The van der Waals surface area contributed by atoms with Crippen molar-refractivity contribution in [1.29, 1.82) is 0 Å². The van der Waals surface area contributed by atoms with Gasteiger partial charge < -0.3 is 16.2 Å². The first kappa shape index (κ1) is 24.6. The zero-order valence-electron chi connectivity index (χ0n) is 15.7. The van der Waals surface area contributed by atoms with E-state index in [1.165, 1.54) is 83.6 Å². The Bertz CT molecular complexity index is 203. The van der Waals surface area contributed by atoms with Crippen molar-refractivity contribution < 1.29 is 9.90 Å². The highest BCUT2D eigenvalue weighted by Gasteiger charge is 1.93. The Kier molecular flexibility index (Phi) is 25.3. The second-order valence-electron chi connectivity index (χ2n) is 6.30. The van der Waals surface area contributed by atoms with Crippen LogP contribution in [0.1, 0.15) is 97.3 Å². The number of carboxylic acid groups (broad SMARTS) is 1. The lowest BCUT2D eigenvalue weighted by Crippen LogP contribution is -2.19. The molecule has 0 heterocycles. The summed E-state index contributed by atoms with van der Waals surface area (Å²) in [7, 11) is 0. The van der Waals surface area contributed by atoms with Crippen molar-refractivity contribution in [2.45, 2.75) is 97.3 Å². The van der Waals surface area contributed by atoms with E-state index < -0.39 is 5.97 Å². The lowest BCUT2D eigenvalue weighted by molar-refractivity contribution is -0.134. The van der Waals surface area contributed by atoms with Crippen LogP contribution in [-0.2, 0) is 4.79 Å². The summed E-state index contributed by atoms with van der Waals surface area (Å²) in [6.45, 7) is 6.45. The number of rotatable bonds is 16. The van der Waals surface area contributed by atoms with E-state index in [0.717, 1.165) is 26.4 Å². The van der Waals surface area contributed by atoms with Crippen LogP contribution in [0.5, 0.6) is 0 Å². The standard InChI is InChI=1S/C17H38N2.C2H4O2/c1-2-3-4-5-6-7-8-9-10-11-12-13-16-19-17-14-15-18;1-2(3)4/h19H,2-18H2,1H3;1H3,(H,3,4). The molecule has 0 fully saturated rings. The van der Waals surface area contributed by atoms with E-state index in [9.17, 15) is 0 Å². The summed E-state index contributed by atoms with van der Waals surface area (Å²) in [6, 6.07) is 0. The number of nitrogens with one attached hydrogen (secondary N) is 1. The maximum atomic E-state index is 9.00. The number of carbonyl (C=O) groups is 1. The molecule has 0 aromatic rings. The molecule has 0 aliphatic heterocycles. The van der Waals surface area contributed by atoms with Crippen LogP contribution in [0, 0.1) is 0 Å². The fraction of sp³-hybridized carbons (Fsp3) is 0.947. The van der Waals surface area contributed by atoms with Crippen LogP contribution in [-0.4, -0.2) is 30.7 Å². The molecule has 0 aliphatic carbocycles. The van der Waals surface area contributed by atoms with Crippen molar-refractivity contribution in [3.63, 3.8) is 0 Å². The quantitative estimate of drug-likeness (QED) is 0.358. The molecule has 4 heteroatoms. The van der Waals surface area contributed by atoms with Gasteiger partial charge in [0.05, 0.1) is 0 Å². The Morgan fingerprint density at radius 2 is 1.13 bits per heavy atom. The van der Waals surface area contributed by atoms with Crippen molar-refractivity contribution in [3.8, 4) is 0 Å². The highest BCUT2D eigenvalue weighted by Crippen LogP contribution is 2.11. The molecule has 0 aromatic heterocycles. The average Bonchev–Trinajstić information content (AvgIpc) is 2.50. The minimum Gasteiger partial charge on any atom is -0.481 e. The van der Waals surface area contributed by atoms with Gasteiger partial charge in [-0.05, 0) is 32.5 Å². The van der Waals surface area contributed by atoms with Crippen LogP contribution in [0.2, 0.25) is 0 Å². The van der Waals surface area contributed by atoms with Gasteiger partial charge in [0.2, 0.25) is 0 Å². The maximum absolute atomic E-state index is 9.00. The predicted molar refractivity (Wildman–Crippen MR) is 101 cm³/mol. The third kappa shape index (κ3) is 34.0. The SMILES string of the molecule is CC(=O)O.CCCCCCCCCCCCCCNCCCN. The van der Waals surface area contributed by atoms with Crippen molar-refractivity contribution in [1.82, 2.24) is 5.32 Å². The van der Waals surface area contributed by atoms with E-state index in [-0.39, 0.29) is 0 Å². The van der Waals surface area contributed by atoms with Gasteiger partial charge in [0.25, 0.3) is 5.97 Å². The number of unbranched alkanes of at least 4 members (excludes halogenated alkanes) is 11. The molecule has 0 bridgehead atoms. The largest absolute Gasteiger partial charge is 0.481 e. The van der Waals surface area contributed by atoms with E-state index in [1.54, 1.807) is 0 Å². The summed E-state index contributed by atoms with van der Waals surface area (Å²) >= 11 is 0. The third-order valence-corrected chi connectivity index (χ3v) is 3.76. The number of aliphatic carboxylic acids is 1. The average molecular weight is 331 g/mol. The van der Waals surface area contributed by atoms with E-state index >= 15 is 0 Å². The topological polar surface area (TPSA) is 75.3 Å². The van der Waals surface area contributed by atoms with Gasteiger partial charge in [-0.2, -0.15) is 0 Å². The highest BCUT2D eigenvalue weighted by molar-refractivity contribution is 5.62. The molecular formula is C19H42N2O2. The van der Waals surface area contributed by atoms with Gasteiger partial charge in [-0.15, -0.1) is 0 Å². The van der Waals surface area contributed by atoms with E-state index in [1.807, 2.05) is 0 Å². The highest BCUT2D eigenvalue weighted by atomic mass is 16.4. The maximum Gasteiger partial charge on any atom is 0.300 e. The van der Waals surface area contributed by atoms with Crippen LogP contribution in [0.25, 0.3) is 0 Å². The Morgan fingerprint density at radius 1 is 0.783 bits per heavy atom. The van der Waals surface area contributed by atoms with Crippen LogP contribution in [0.4, 0.5) is 0 Å². The fourth-order valence-electron chi connectivity index (χ4n) is 2.44. The molecule has 0 aliphatic rings. The second kappa shape index (κ2) is 23.7. The Hall–Kier alpha value is -0.610. The zero-order chi connectivity index (χ0) is 17.6. The molecule has 23 heavy (non-hydrogen) atoms. The van der Waals surface area contributed by atoms with Gasteiger partial charge in [0, 0.05) is 6.92 Å². The lowest BCUT2D eigenvalue weighted by atomic mass is 10.1. The first-order valence-electron chi connectivity index (χ1n) is 9.75. The van der Waals surface area contributed by atoms with Crippen LogP contribution in [0.15, 0.2) is 0 Å². The minimum atomic E-state index is -0.833. The Labute approximate surface area is 144 Å². The first-order chi connectivity index (χ1) is 11.1. The third-order valence-electron chi connectivity index (χ3n) is 3.76. The molecule has 4 N–H and O–H groups in total. The molecule has 0 atom stereocenters. The molecule has 0 saturated carbocycles. The first-order valence-corrected chi connectivity index (χ1v) is 9.75. The molecular weight excluding hydrogens is 288 g/mol. The molecule has 4 nitrogen and oxygen atoms in total. The molecule has 140 valence electrons. The predicted octanol–water partition coefficient (Wildman–Crippen LogP) is 4.72. The number of nitrogens with two attached hydrogens (primary N) is 1. The molecule has 0 radical (unpaired) electrons. The Morgan fingerprint density at radius 3 is 1.52 bits per heavy atom.